The van der Waals surface area contributed by atoms with Gasteiger partial charge in [-0.3, -0.25) is 0 Å². The van der Waals surface area contributed by atoms with Crippen molar-refractivity contribution in [2.45, 2.75) is 20.4 Å². The molecular formula is C13H14ClN3O. The van der Waals surface area contributed by atoms with E-state index < -0.39 is 0 Å². The predicted molar refractivity (Wildman–Crippen MR) is 70.9 cm³/mol. The van der Waals surface area contributed by atoms with Crippen LogP contribution in [-0.4, -0.2) is 9.97 Å². The second kappa shape index (κ2) is 5.33. The van der Waals surface area contributed by atoms with Crippen LogP contribution in [0.1, 0.15) is 16.7 Å². The van der Waals surface area contributed by atoms with E-state index in [-0.39, 0.29) is 0 Å². The molecule has 0 atom stereocenters. The largest absolute Gasteiger partial charge is 0.437 e. The SMILES string of the molecule is Cc1cc(CN)cc(C)c1Oc1ncncc1Cl. The van der Waals surface area contributed by atoms with Gasteiger partial charge in [0.05, 0.1) is 6.20 Å². The summed E-state index contributed by atoms with van der Waals surface area (Å²) in [5.41, 5.74) is 8.72. The van der Waals surface area contributed by atoms with Crippen LogP contribution in [0.2, 0.25) is 5.02 Å². The third-order valence-electron chi connectivity index (χ3n) is 2.59. The number of nitrogens with two attached hydrogens (primary N) is 1. The molecule has 1 heterocycles. The molecule has 1 aromatic heterocycles. The molecule has 0 aliphatic heterocycles. The average Bonchev–Trinajstić information content (AvgIpc) is 2.35. The standard InChI is InChI=1S/C13H14ClN3O/c1-8-3-10(5-15)4-9(2)12(8)18-13-11(14)6-16-7-17-13/h3-4,6-7H,5,15H2,1-2H3. The van der Waals surface area contributed by atoms with Gasteiger partial charge < -0.3 is 10.5 Å². The van der Waals surface area contributed by atoms with Crippen molar-refractivity contribution in [3.05, 3.63) is 46.4 Å². The van der Waals surface area contributed by atoms with Crippen LogP contribution in [0.4, 0.5) is 0 Å². The van der Waals surface area contributed by atoms with E-state index in [9.17, 15) is 0 Å². The Labute approximate surface area is 111 Å². The van der Waals surface area contributed by atoms with E-state index in [1.165, 1.54) is 12.5 Å². The fraction of sp³-hybridized carbons (Fsp3) is 0.231. The Hall–Kier alpha value is -1.65. The van der Waals surface area contributed by atoms with E-state index in [1.807, 2.05) is 26.0 Å². The second-order valence-corrected chi connectivity index (χ2v) is 4.45. The average molecular weight is 264 g/mol. The molecule has 0 radical (unpaired) electrons. The van der Waals surface area contributed by atoms with Gasteiger partial charge in [-0.1, -0.05) is 23.7 Å². The van der Waals surface area contributed by atoms with Crippen LogP contribution in [0.5, 0.6) is 11.6 Å². The van der Waals surface area contributed by atoms with E-state index in [0.29, 0.717) is 17.4 Å². The maximum atomic E-state index is 5.97. The highest BCUT2D eigenvalue weighted by Crippen LogP contribution is 2.31. The summed E-state index contributed by atoms with van der Waals surface area (Å²) in [5, 5.41) is 0.388. The number of ether oxygens (including phenoxy) is 1. The maximum absolute atomic E-state index is 5.97. The topological polar surface area (TPSA) is 61.0 Å². The van der Waals surface area contributed by atoms with E-state index in [2.05, 4.69) is 9.97 Å². The minimum absolute atomic E-state index is 0.360. The summed E-state index contributed by atoms with van der Waals surface area (Å²) in [6.45, 7) is 4.45. The lowest BCUT2D eigenvalue weighted by Crippen LogP contribution is -2.00. The molecule has 0 fully saturated rings. The Bertz CT molecular complexity index is 549. The van der Waals surface area contributed by atoms with Gasteiger partial charge in [-0.25, -0.2) is 9.97 Å². The van der Waals surface area contributed by atoms with E-state index in [1.54, 1.807) is 0 Å². The third-order valence-corrected chi connectivity index (χ3v) is 2.85. The smallest absolute Gasteiger partial charge is 0.241 e. The van der Waals surface area contributed by atoms with E-state index in [0.717, 1.165) is 22.4 Å². The first-order valence-corrected chi connectivity index (χ1v) is 5.93. The zero-order valence-electron chi connectivity index (χ0n) is 10.3. The molecular weight excluding hydrogens is 250 g/mol. The summed E-state index contributed by atoms with van der Waals surface area (Å²) < 4.78 is 5.75. The Balaban J connectivity index is 2.38. The van der Waals surface area contributed by atoms with Crippen molar-refractivity contribution in [3.63, 3.8) is 0 Å². The van der Waals surface area contributed by atoms with Crippen molar-refractivity contribution < 1.29 is 4.74 Å². The molecule has 4 nitrogen and oxygen atoms in total. The molecule has 0 aliphatic rings. The molecule has 18 heavy (non-hydrogen) atoms. The first-order chi connectivity index (χ1) is 8.61. The summed E-state index contributed by atoms with van der Waals surface area (Å²) in [6.07, 6.45) is 2.91. The molecule has 0 spiro atoms. The van der Waals surface area contributed by atoms with Gasteiger partial charge in [0, 0.05) is 6.54 Å². The van der Waals surface area contributed by atoms with Crippen molar-refractivity contribution in [2.24, 2.45) is 5.73 Å². The summed E-state index contributed by atoms with van der Waals surface area (Å²) in [4.78, 5) is 7.83. The fourth-order valence-corrected chi connectivity index (χ4v) is 1.94. The zero-order valence-corrected chi connectivity index (χ0v) is 11.0. The predicted octanol–water partition coefficient (Wildman–Crippen LogP) is 3.00. The van der Waals surface area contributed by atoms with Crippen LogP contribution in [0.25, 0.3) is 0 Å². The molecule has 0 amide bonds. The van der Waals surface area contributed by atoms with Crippen LogP contribution in [0, 0.1) is 13.8 Å². The first kappa shape index (κ1) is 12.8. The number of hydrogen-bond donors (Lipinski definition) is 1. The maximum Gasteiger partial charge on any atom is 0.241 e. The van der Waals surface area contributed by atoms with Crippen LogP contribution in [-0.2, 0) is 6.54 Å². The van der Waals surface area contributed by atoms with Gasteiger partial charge in [0.15, 0.2) is 0 Å². The van der Waals surface area contributed by atoms with Gasteiger partial charge in [0.25, 0.3) is 0 Å². The Morgan fingerprint density at radius 2 is 1.94 bits per heavy atom. The number of benzene rings is 1. The normalized spacial score (nSPS) is 10.4. The summed E-state index contributed by atoms with van der Waals surface area (Å²) in [7, 11) is 0. The molecule has 0 unspecified atom stereocenters. The van der Waals surface area contributed by atoms with Gasteiger partial charge in [0.1, 0.15) is 17.1 Å². The van der Waals surface area contributed by atoms with Crippen molar-refractivity contribution in [2.75, 3.05) is 0 Å². The zero-order chi connectivity index (χ0) is 13.1. The molecule has 1 aromatic carbocycles. The lowest BCUT2D eigenvalue weighted by molar-refractivity contribution is 0.454. The lowest BCUT2D eigenvalue weighted by atomic mass is 10.1. The second-order valence-electron chi connectivity index (χ2n) is 4.04. The molecule has 0 saturated heterocycles. The van der Waals surface area contributed by atoms with E-state index in [4.69, 9.17) is 22.1 Å². The molecule has 2 aromatic rings. The molecule has 2 N–H and O–H groups in total. The molecule has 94 valence electrons. The third kappa shape index (κ3) is 2.60. The molecule has 0 aliphatic carbocycles. The minimum atomic E-state index is 0.360. The monoisotopic (exact) mass is 263 g/mol. The summed E-state index contributed by atoms with van der Waals surface area (Å²) >= 11 is 5.97. The van der Waals surface area contributed by atoms with Gasteiger partial charge in [0.2, 0.25) is 5.88 Å². The highest BCUT2D eigenvalue weighted by atomic mass is 35.5. The van der Waals surface area contributed by atoms with Crippen molar-refractivity contribution in [1.82, 2.24) is 9.97 Å². The fourth-order valence-electron chi connectivity index (χ4n) is 1.79. The molecule has 2 rings (SSSR count). The number of nitrogens with zero attached hydrogens (tertiary/aromatic N) is 2. The quantitative estimate of drug-likeness (QED) is 0.925. The van der Waals surface area contributed by atoms with Gasteiger partial charge >= 0.3 is 0 Å². The van der Waals surface area contributed by atoms with Gasteiger partial charge in [-0.15, -0.1) is 0 Å². The van der Waals surface area contributed by atoms with E-state index >= 15 is 0 Å². The number of hydrogen-bond acceptors (Lipinski definition) is 4. The summed E-state index contributed by atoms with van der Waals surface area (Å²) in [6, 6.07) is 3.99. The van der Waals surface area contributed by atoms with Crippen LogP contribution >= 0.6 is 11.6 Å². The Morgan fingerprint density at radius 1 is 1.28 bits per heavy atom. The van der Waals surface area contributed by atoms with Gasteiger partial charge in [-0.05, 0) is 30.5 Å². The van der Waals surface area contributed by atoms with Crippen LogP contribution in [0.3, 0.4) is 0 Å². The van der Waals surface area contributed by atoms with Crippen molar-refractivity contribution in [3.8, 4) is 11.6 Å². The minimum Gasteiger partial charge on any atom is -0.437 e. The van der Waals surface area contributed by atoms with Crippen molar-refractivity contribution >= 4 is 11.6 Å². The first-order valence-electron chi connectivity index (χ1n) is 5.55. The van der Waals surface area contributed by atoms with Crippen molar-refractivity contribution in [1.29, 1.82) is 0 Å². The van der Waals surface area contributed by atoms with Crippen LogP contribution < -0.4 is 10.5 Å². The number of aryl methyl sites for hydroxylation is 2. The highest BCUT2D eigenvalue weighted by Gasteiger charge is 2.10. The number of aromatic nitrogens is 2. The van der Waals surface area contributed by atoms with Gasteiger partial charge in [-0.2, -0.15) is 0 Å². The molecule has 0 saturated carbocycles. The number of rotatable bonds is 3. The van der Waals surface area contributed by atoms with Crippen LogP contribution in [0.15, 0.2) is 24.7 Å². The lowest BCUT2D eigenvalue weighted by Gasteiger charge is -2.13. The molecule has 0 bridgehead atoms. The number of halogens is 1. The Kier molecular flexibility index (Phi) is 3.79. The highest BCUT2D eigenvalue weighted by molar-refractivity contribution is 6.31. The Morgan fingerprint density at radius 3 is 2.50 bits per heavy atom. The molecule has 5 heteroatoms. The summed E-state index contributed by atoms with van der Waals surface area (Å²) in [5.74, 6) is 1.12.